The fourth-order valence-electron chi connectivity index (χ4n) is 21.8. The van der Waals surface area contributed by atoms with Gasteiger partial charge in [-0.25, -0.2) is 46.7 Å². The molecule has 5 aromatic rings. The Balaban J connectivity index is 0.000000179. The number of nitrogens with zero attached hydrogens (tertiary/aromatic N) is 7. The van der Waals surface area contributed by atoms with Crippen molar-refractivity contribution in [3.63, 3.8) is 0 Å². The van der Waals surface area contributed by atoms with Gasteiger partial charge in [-0.2, -0.15) is 0 Å². The molecule has 146 heavy (non-hydrogen) atoms. The van der Waals surface area contributed by atoms with Gasteiger partial charge >= 0.3 is 71.8 Å². The number of amides is 8. The van der Waals surface area contributed by atoms with Crippen molar-refractivity contribution in [2.75, 3.05) is 46.1 Å². The third-order valence-electron chi connectivity index (χ3n) is 28.2. The molecule has 5 aliphatic carbocycles. The van der Waals surface area contributed by atoms with Gasteiger partial charge in [0.1, 0.15) is 69.9 Å². The Bertz CT molecular complexity index is 5380. The SMILES string of the molecule is C1CCOC1.CC(C)(C)OC(=O)N1C2CCC(CC2)[C@@H]1C(=O)O.CC(C)(C)OC(=O)N1C2CCC(CC2)[C@@H]1CN.CC(C)(C)OC(=O)N1C2CCC(CC2)[C@@H]1CN1C(=O)c2ccccc2C1=O.CC(C)(C)OC(=O)N1C2CCC(CC2)[C@@H]1CO.CCOC(=O)c1occ(C(=O)OCC)c(=O)c1OCc1ccccc1.O=C(NCc1c(F)cc(F)cc1F)c1cn2c(c(O)c1=O)C(=O)N1C3CCC(CC3)[C@@H]1C2.O=CO[O-].[Na+]. The van der Waals surface area contributed by atoms with Crippen LogP contribution < -0.4 is 61.5 Å². The van der Waals surface area contributed by atoms with E-state index in [4.69, 9.17) is 58.1 Å². The average Bonchev–Trinajstić information content (AvgIpc) is 0.806. The molecular formula is C105H141F3N9NaO28. The van der Waals surface area contributed by atoms with Crippen LogP contribution in [0.4, 0.5) is 32.3 Å². The smallest absolute Gasteiger partial charge is 0.662 e. The number of aromatic nitrogens is 1. The van der Waals surface area contributed by atoms with Crippen LogP contribution in [0.2, 0.25) is 0 Å². The minimum absolute atomic E-state index is 0. The van der Waals surface area contributed by atoms with E-state index in [-0.39, 0.29) is 170 Å². The van der Waals surface area contributed by atoms with Crippen molar-refractivity contribution < 1.29 is 168 Å². The normalized spacial score (nSPS) is 24.4. The molecule has 23 rings (SSSR count). The van der Waals surface area contributed by atoms with Gasteiger partial charge in [-0.15, -0.1) is 0 Å². The van der Waals surface area contributed by atoms with E-state index in [1.165, 1.54) is 46.2 Å². The quantitative estimate of drug-likeness (QED) is 0.0116. The Morgan fingerprint density at radius 1 is 0.541 bits per heavy atom. The minimum Gasteiger partial charge on any atom is -0.662 e. The molecule has 11 saturated heterocycles. The Hall–Kier alpha value is -11.2. The van der Waals surface area contributed by atoms with Crippen molar-refractivity contribution in [2.24, 2.45) is 35.3 Å². The molecule has 10 bridgehead atoms. The summed E-state index contributed by atoms with van der Waals surface area (Å²) >= 11 is 0. The number of hydrogen-bond acceptors (Lipinski definition) is 28. The summed E-state index contributed by atoms with van der Waals surface area (Å²) in [6, 6.07) is 17.0. The Morgan fingerprint density at radius 3 is 1.40 bits per heavy atom. The van der Waals surface area contributed by atoms with Crippen LogP contribution >= 0.6 is 0 Å². The van der Waals surface area contributed by atoms with E-state index in [1.54, 1.807) is 80.8 Å². The van der Waals surface area contributed by atoms with E-state index in [0.717, 1.165) is 141 Å². The first kappa shape index (κ1) is 117. The predicted octanol–water partition coefficient (Wildman–Crippen LogP) is 11.1. The van der Waals surface area contributed by atoms with Crippen LogP contribution in [0.15, 0.2) is 93.2 Å². The maximum atomic E-state index is 13.8. The molecule has 0 radical (unpaired) electrons. The monoisotopic (exact) mass is 2060 g/mol. The number of aromatic hydroxyl groups is 1. The third-order valence-corrected chi connectivity index (χ3v) is 28.2. The molecule has 18 aliphatic rings. The summed E-state index contributed by atoms with van der Waals surface area (Å²) in [5, 5.41) is 40.0. The predicted molar refractivity (Wildman–Crippen MR) is 516 cm³/mol. The third kappa shape index (κ3) is 29.3. The summed E-state index contributed by atoms with van der Waals surface area (Å²) in [5.74, 6) is -7.82. The van der Waals surface area contributed by atoms with Crippen molar-refractivity contribution in [3.05, 3.63) is 162 Å². The van der Waals surface area contributed by atoms with E-state index in [2.05, 4.69) is 10.2 Å². The van der Waals surface area contributed by atoms with E-state index in [1.807, 2.05) is 90.3 Å². The zero-order valence-electron chi connectivity index (χ0n) is 86.3. The van der Waals surface area contributed by atoms with Crippen LogP contribution in [0.5, 0.6) is 11.5 Å². The number of nitrogens with two attached hydrogens (primary N) is 1. The number of aliphatic carboxylic acids is 1. The first-order valence-electron chi connectivity index (χ1n) is 50.4. The maximum absolute atomic E-state index is 13.8. The average molecular weight is 2060 g/mol. The summed E-state index contributed by atoms with van der Waals surface area (Å²) in [6.45, 7) is 28.1. The number of aliphatic hydroxyl groups excluding tert-OH is 1. The van der Waals surface area contributed by atoms with Gasteiger partial charge in [0.2, 0.25) is 16.6 Å². The van der Waals surface area contributed by atoms with Crippen molar-refractivity contribution in [2.45, 2.75) is 341 Å². The number of benzene rings is 3. The fraction of sp³-hybridized carbons (Fsp3) is 0.619. The molecule has 5 saturated carbocycles. The second-order valence-corrected chi connectivity index (χ2v) is 42.5. The molecule has 16 fully saturated rings. The van der Waals surface area contributed by atoms with Crippen LogP contribution in [0.25, 0.3) is 0 Å². The zero-order valence-corrected chi connectivity index (χ0v) is 88.3. The van der Waals surface area contributed by atoms with Gasteiger partial charge in [-0.05, 0) is 285 Å². The topological polar surface area (TPSA) is 481 Å². The Morgan fingerprint density at radius 2 is 0.959 bits per heavy atom. The summed E-state index contributed by atoms with van der Waals surface area (Å²) in [6.07, 6.45) is 23.8. The molecule has 8 amide bonds. The van der Waals surface area contributed by atoms with Crippen molar-refractivity contribution in [1.29, 1.82) is 0 Å². The molecule has 15 heterocycles. The van der Waals surface area contributed by atoms with Crippen LogP contribution in [0.1, 0.15) is 312 Å². The van der Waals surface area contributed by atoms with Crippen LogP contribution in [0.3, 0.4) is 0 Å². The van der Waals surface area contributed by atoms with Crippen molar-refractivity contribution in [3.8, 4) is 11.5 Å². The first-order chi connectivity index (χ1) is 68.6. The number of imide groups is 1. The maximum Gasteiger partial charge on any atom is 1.00 e. The summed E-state index contributed by atoms with van der Waals surface area (Å²) in [7, 11) is 0. The van der Waals surface area contributed by atoms with Crippen LogP contribution in [0, 0.1) is 47.0 Å². The van der Waals surface area contributed by atoms with Gasteiger partial charge < -0.3 is 98.1 Å². The van der Waals surface area contributed by atoms with Crippen molar-refractivity contribution in [1.82, 2.24) is 39.3 Å². The number of carbonyl (C=O) groups excluding carboxylic acids is 11. The molecule has 6 N–H and O–H groups in total. The molecule has 3 aromatic carbocycles. The largest absolute Gasteiger partial charge is 1.00 e. The number of carbonyl (C=O) groups is 12. The van der Waals surface area contributed by atoms with Gasteiger partial charge in [0.05, 0.1) is 61.7 Å². The number of ether oxygens (including phenoxy) is 8. The molecule has 37 nitrogen and oxygen atoms in total. The van der Waals surface area contributed by atoms with Gasteiger partial charge in [0, 0.05) is 87.0 Å². The standard InChI is InChI=1S/C22H20F3N3O4.C21H26N2O4.C18H18O7.C13H24N2O2.C13H21NO4.C13H23NO3.C4H8O.CH2O3.Na/c23-11-5-15(24)13(16(25)6-11)7-26-21(31)14-8-27-9-17-10-1-3-12(4-2-10)28(17)22(32)18(27)20(30)19(14)29;1-21(2,3)27-20(26)23-14-10-8-13(9-11-14)17(23)12-22-18(24)15-6-4-5-7-16(15)19(22)25;1-3-22-17(20)13-11-25-16(18(21)23-4-2)15(14(13)19)24-10-12-8-6-5-7-9-12;1-13(2,3)17-12(16)15-10-6-4-9(5-7-10)11(15)8-14;1-13(2,3)18-12(17)14-9-6-4-8(5-7-9)10(14)11(15)16;1-13(2,3)17-12(16)14-10-6-4-9(5-7-10)11(14)8-15;1-2-4-5-3-1;2-1-4-3;/h5-6,8,10,12,17,30H,1-4,7,9H2,(H,26,31);4-7,13-14,17H,8-12H2,1-3H3;5-9,11H,3-4,10H2,1-2H3;9-11H,4-8,14H2,1-3H3;8-10H,4-7H2,1-3H3,(H,15,16);9-11,15H,4-8H2,1-3H3;1-4H2;1,3H;/q;;;;;;;;+1/p-1/t10?,12?,17-;13?,14?,17-;;9?,10?,11-;8?,9?,10-;9?,10?,11-;;;/m00.010.../s1. The second-order valence-electron chi connectivity index (χ2n) is 42.5. The number of aliphatic hydroxyl groups is 1. The summed E-state index contributed by atoms with van der Waals surface area (Å²) in [5.41, 5.74) is 2.13. The number of carboxylic acid groups (broad SMARTS) is 1. The summed E-state index contributed by atoms with van der Waals surface area (Å²) in [4.78, 5) is 182. The molecule has 0 spiro atoms. The number of pyridine rings is 1. The first-order valence-corrected chi connectivity index (χ1v) is 50.4. The van der Waals surface area contributed by atoms with E-state index < -0.39 is 122 Å². The van der Waals surface area contributed by atoms with E-state index >= 15 is 0 Å². The van der Waals surface area contributed by atoms with E-state index in [9.17, 15) is 90.8 Å². The molecular weight excluding hydrogens is 1920 g/mol. The molecule has 13 aliphatic heterocycles. The number of rotatable bonds is 16. The van der Waals surface area contributed by atoms with Gasteiger partial charge in [-0.3, -0.25) is 48.3 Å². The van der Waals surface area contributed by atoms with Crippen LogP contribution in [-0.4, -0.2) is 251 Å². The number of hydrogen-bond donors (Lipinski definition) is 5. The van der Waals surface area contributed by atoms with Crippen LogP contribution in [-0.2, 0) is 67.3 Å². The van der Waals surface area contributed by atoms with Gasteiger partial charge in [0.15, 0.2) is 11.4 Å². The van der Waals surface area contributed by atoms with Crippen molar-refractivity contribution >= 4 is 72.4 Å². The molecule has 796 valence electrons. The number of fused-ring (bicyclic) bond motifs is 16. The number of halogens is 3. The molecule has 5 atom stereocenters. The molecule has 41 heteroatoms. The van der Waals surface area contributed by atoms with Gasteiger partial charge in [-0.1, -0.05) is 42.5 Å². The summed E-state index contributed by atoms with van der Waals surface area (Å²) < 4.78 is 89.3. The second kappa shape index (κ2) is 51.6. The molecule has 2 aromatic heterocycles. The molecule has 0 unspecified atom stereocenters. The number of nitrogens with one attached hydrogen (secondary N) is 1. The Labute approximate surface area is 870 Å². The van der Waals surface area contributed by atoms with E-state index in [0.29, 0.717) is 66.1 Å². The number of carboxylic acids is 1. The zero-order chi connectivity index (χ0) is 106. The fourth-order valence-corrected chi connectivity index (χ4v) is 21.8. The Kier molecular flexibility index (Phi) is 41.3. The number of esters is 2. The number of piperidine rings is 10. The minimum atomic E-state index is -1.18. The van der Waals surface area contributed by atoms with Gasteiger partial charge in [0.25, 0.3) is 35.9 Å².